The third kappa shape index (κ3) is 5.53. The molecule has 0 aliphatic rings. The first-order valence-corrected chi connectivity index (χ1v) is 6.80. The number of rotatable bonds is 8. The van der Waals surface area contributed by atoms with Crippen LogP contribution in [0.25, 0.3) is 0 Å². The van der Waals surface area contributed by atoms with E-state index in [1.807, 2.05) is 0 Å². The zero-order chi connectivity index (χ0) is 15.2. The van der Waals surface area contributed by atoms with Crippen LogP contribution in [0, 0.1) is 17.0 Å². The van der Waals surface area contributed by atoms with Crippen LogP contribution >= 0.6 is 0 Å². The molecule has 0 saturated carbocycles. The van der Waals surface area contributed by atoms with Crippen LogP contribution in [-0.2, 0) is 0 Å². The molecule has 0 heterocycles. The van der Waals surface area contributed by atoms with Gasteiger partial charge in [0.05, 0.1) is 6.10 Å². The van der Waals surface area contributed by atoms with Gasteiger partial charge in [-0.25, -0.2) is 8.78 Å². The van der Waals surface area contributed by atoms with Gasteiger partial charge in [-0.15, -0.1) is 0 Å². The van der Waals surface area contributed by atoms with Crippen LogP contribution in [0.3, 0.4) is 0 Å². The lowest BCUT2D eigenvalue weighted by atomic mass is 9.88. The molecule has 1 unspecified atom stereocenters. The van der Waals surface area contributed by atoms with E-state index in [0.29, 0.717) is 12.1 Å². The average Bonchev–Trinajstić information content (AvgIpc) is 2.39. The molecule has 1 aromatic rings. The van der Waals surface area contributed by atoms with Crippen LogP contribution in [0.1, 0.15) is 38.4 Å². The lowest BCUT2D eigenvalue weighted by Crippen LogP contribution is -2.32. The maximum atomic E-state index is 13.1. The van der Waals surface area contributed by atoms with E-state index in [4.69, 9.17) is 5.11 Å². The van der Waals surface area contributed by atoms with Crippen LogP contribution in [0.2, 0.25) is 0 Å². The van der Waals surface area contributed by atoms with Crippen molar-refractivity contribution in [2.45, 2.75) is 32.8 Å². The fourth-order valence-corrected chi connectivity index (χ4v) is 2.03. The van der Waals surface area contributed by atoms with Crippen LogP contribution in [-0.4, -0.2) is 29.9 Å². The molecule has 0 spiro atoms. The molecule has 3 N–H and O–H groups in total. The van der Waals surface area contributed by atoms with Gasteiger partial charge in [0.2, 0.25) is 0 Å². The fraction of sp³-hybridized carbons (Fsp3) is 0.600. The van der Waals surface area contributed by atoms with E-state index in [0.717, 1.165) is 25.0 Å². The van der Waals surface area contributed by atoms with E-state index in [9.17, 15) is 13.9 Å². The summed E-state index contributed by atoms with van der Waals surface area (Å²) in [6.07, 6.45) is 0.733. The Labute approximate surface area is 118 Å². The second kappa shape index (κ2) is 7.67. The highest BCUT2D eigenvalue weighted by Crippen LogP contribution is 2.21. The van der Waals surface area contributed by atoms with E-state index in [1.165, 1.54) is 6.07 Å². The molecule has 1 atom stereocenters. The minimum Gasteiger partial charge on any atom is -0.396 e. The second-order valence-corrected chi connectivity index (χ2v) is 5.81. The first-order valence-electron chi connectivity index (χ1n) is 6.80. The highest BCUT2D eigenvalue weighted by molar-refractivity contribution is 5.20. The zero-order valence-corrected chi connectivity index (χ0v) is 12.0. The Balaban J connectivity index is 2.43. The maximum Gasteiger partial charge on any atom is 0.159 e. The predicted octanol–water partition coefficient (Wildman–Crippen LogP) is 2.39. The Hall–Kier alpha value is -1.04. The molecule has 0 aromatic heterocycles. The lowest BCUT2D eigenvalue weighted by Gasteiger charge is -2.25. The van der Waals surface area contributed by atoms with Gasteiger partial charge in [0.1, 0.15) is 0 Å². The third-order valence-electron chi connectivity index (χ3n) is 3.28. The summed E-state index contributed by atoms with van der Waals surface area (Å²) in [5, 5.41) is 21.8. The van der Waals surface area contributed by atoms with Crippen molar-refractivity contribution in [3.8, 4) is 0 Å². The summed E-state index contributed by atoms with van der Waals surface area (Å²) < 4.78 is 25.9. The number of aliphatic hydroxyl groups is 2. The zero-order valence-electron chi connectivity index (χ0n) is 12.0. The van der Waals surface area contributed by atoms with Crippen molar-refractivity contribution in [1.29, 1.82) is 0 Å². The molecule has 114 valence electrons. The van der Waals surface area contributed by atoms with Crippen LogP contribution in [0.15, 0.2) is 18.2 Å². The van der Waals surface area contributed by atoms with Crippen molar-refractivity contribution in [2.75, 3.05) is 19.7 Å². The largest absolute Gasteiger partial charge is 0.396 e. The molecule has 0 bridgehead atoms. The minimum absolute atomic E-state index is 0.0104. The summed E-state index contributed by atoms with van der Waals surface area (Å²) in [6.45, 7) is 5.25. The Bertz CT molecular complexity index is 424. The van der Waals surface area contributed by atoms with Gasteiger partial charge in [-0.1, -0.05) is 19.9 Å². The summed E-state index contributed by atoms with van der Waals surface area (Å²) in [4.78, 5) is 0. The number of nitrogens with one attached hydrogen (secondary N) is 1. The van der Waals surface area contributed by atoms with Gasteiger partial charge in [0.25, 0.3) is 0 Å². The molecule has 0 saturated heterocycles. The summed E-state index contributed by atoms with van der Waals surface area (Å²) in [6, 6.07) is 3.40. The summed E-state index contributed by atoms with van der Waals surface area (Å²) in [5.74, 6) is -1.87. The van der Waals surface area contributed by atoms with Crippen LogP contribution in [0.4, 0.5) is 8.78 Å². The Morgan fingerprint density at radius 1 is 1.25 bits per heavy atom. The van der Waals surface area contributed by atoms with Crippen molar-refractivity contribution >= 4 is 0 Å². The molecule has 5 heteroatoms. The summed E-state index contributed by atoms with van der Waals surface area (Å²) >= 11 is 0. The first-order chi connectivity index (χ1) is 9.35. The van der Waals surface area contributed by atoms with E-state index in [-0.39, 0.29) is 18.6 Å². The van der Waals surface area contributed by atoms with Crippen molar-refractivity contribution in [2.24, 2.45) is 5.41 Å². The van der Waals surface area contributed by atoms with Crippen LogP contribution < -0.4 is 5.32 Å². The summed E-state index contributed by atoms with van der Waals surface area (Å²) in [5.41, 5.74) is 0.362. The summed E-state index contributed by atoms with van der Waals surface area (Å²) in [7, 11) is 0. The van der Waals surface area contributed by atoms with Gasteiger partial charge in [-0.2, -0.15) is 0 Å². The van der Waals surface area contributed by atoms with Gasteiger partial charge in [-0.05, 0) is 36.0 Å². The molecule has 1 rings (SSSR count). The van der Waals surface area contributed by atoms with Gasteiger partial charge >= 0.3 is 0 Å². The molecule has 20 heavy (non-hydrogen) atoms. The molecule has 3 nitrogen and oxygen atoms in total. The van der Waals surface area contributed by atoms with E-state index in [1.54, 1.807) is 0 Å². The monoisotopic (exact) mass is 287 g/mol. The number of benzene rings is 1. The maximum absolute atomic E-state index is 13.1. The average molecular weight is 287 g/mol. The van der Waals surface area contributed by atoms with Crippen LogP contribution in [0.5, 0.6) is 0 Å². The van der Waals surface area contributed by atoms with Gasteiger partial charge in [0.15, 0.2) is 11.6 Å². The molecular formula is C15H23F2NO2. The van der Waals surface area contributed by atoms with Crippen molar-refractivity contribution < 1.29 is 19.0 Å². The Morgan fingerprint density at radius 2 is 1.95 bits per heavy atom. The fourth-order valence-electron chi connectivity index (χ4n) is 2.03. The molecule has 0 aliphatic heterocycles. The highest BCUT2D eigenvalue weighted by atomic mass is 19.2. The van der Waals surface area contributed by atoms with E-state index < -0.39 is 17.7 Å². The number of halogens is 2. The third-order valence-corrected chi connectivity index (χ3v) is 3.28. The normalized spacial score (nSPS) is 13.5. The number of hydrogen-bond acceptors (Lipinski definition) is 3. The van der Waals surface area contributed by atoms with Gasteiger partial charge < -0.3 is 15.5 Å². The number of hydrogen-bond donors (Lipinski definition) is 3. The topological polar surface area (TPSA) is 52.5 Å². The molecule has 0 fully saturated rings. The molecular weight excluding hydrogens is 264 g/mol. The quantitative estimate of drug-likeness (QED) is 0.688. The SMILES string of the molecule is CC(C)(CCCO)CNCC(O)c1ccc(F)c(F)c1. The molecule has 0 radical (unpaired) electrons. The van der Waals surface area contributed by atoms with Gasteiger partial charge in [-0.3, -0.25) is 0 Å². The van der Waals surface area contributed by atoms with Crippen molar-refractivity contribution in [3.63, 3.8) is 0 Å². The first kappa shape index (κ1) is 17.0. The lowest BCUT2D eigenvalue weighted by molar-refractivity contribution is 0.164. The molecule has 0 amide bonds. The predicted molar refractivity (Wildman–Crippen MR) is 74.3 cm³/mol. The minimum atomic E-state index is -0.954. The van der Waals surface area contributed by atoms with Gasteiger partial charge in [0, 0.05) is 19.7 Å². The van der Waals surface area contributed by atoms with Crippen molar-refractivity contribution in [3.05, 3.63) is 35.4 Å². The standard InChI is InChI=1S/C15H23F2NO2/c1-15(2,6-3-7-19)10-18-9-14(20)11-4-5-12(16)13(17)8-11/h4-5,8,14,18-20H,3,6-7,9-10H2,1-2H3. The smallest absolute Gasteiger partial charge is 0.159 e. The number of aliphatic hydroxyl groups excluding tert-OH is 2. The molecule has 1 aromatic carbocycles. The Morgan fingerprint density at radius 3 is 2.55 bits per heavy atom. The van der Waals surface area contributed by atoms with Crippen molar-refractivity contribution in [1.82, 2.24) is 5.32 Å². The Kier molecular flexibility index (Phi) is 6.52. The van der Waals surface area contributed by atoms with E-state index in [2.05, 4.69) is 19.2 Å². The van der Waals surface area contributed by atoms with E-state index >= 15 is 0 Å². The highest BCUT2D eigenvalue weighted by Gasteiger charge is 2.18. The molecule has 0 aliphatic carbocycles. The second-order valence-electron chi connectivity index (χ2n) is 5.81.